The van der Waals surface area contributed by atoms with Crippen LogP contribution in [0.3, 0.4) is 0 Å². The molecule has 0 atom stereocenters. The van der Waals surface area contributed by atoms with Crippen LogP contribution in [0.2, 0.25) is 0 Å². The van der Waals surface area contributed by atoms with Gasteiger partial charge >= 0.3 is 0 Å². The summed E-state index contributed by atoms with van der Waals surface area (Å²) >= 11 is 0. The Morgan fingerprint density at radius 3 is 1.86 bits per heavy atom. The number of sulfonamides is 1. The number of methoxy groups -OCH3 is 2. The summed E-state index contributed by atoms with van der Waals surface area (Å²) in [6.45, 7) is 0.311. The maximum absolute atomic E-state index is 12.7. The molecule has 6 heteroatoms. The highest BCUT2D eigenvalue weighted by Gasteiger charge is 2.19. The SMILES string of the molecule is COc1ccc(S(=O)(=O)NCCC(c2ccccc2)c2ccccc2)cc1OC. The Hall–Kier alpha value is -2.83. The molecule has 0 aliphatic carbocycles. The minimum absolute atomic E-state index is 0.102. The van der Waals surface area contributed by atoms with Crippen LogP contribution < -0.4 is 14.2 Å². The van der Waals surface area contributed by atoms with Crippen molar-refractivity contribution in [2.45, 2.75) is 17.2 Å². The summed E-state index contributed by atoms with van der Waals surface area (Å²) in [7, 11) is -0.674. The molecule has 29 heavy (non-hydrogen) atoms. The van der Waals surface area contributed by atoms with Gasteiger partial charge in [-0.2, -0.15) is 0 Å². The number of ether oxygens (including phenoxy) is 2. The lowest BCUT2D eigenvalue weighted by Gasteiger charge is -2.18. The van der Waals surface area contributed by atoms with Gasteiger partial charge in [-0.05, 0) is 29.7 Å². The molecule has 0 unspecified atom stereocenters. The van der Waals surface area contributed by atoms with E-state index in [0.717, 1.165) is 11.1 Å². The van der Waals surface area contributed by atoms with E-state index in [-0.39, 0.29) is 10.8 Å². The zero-order valence-corrected chi connectivity index (χ0v) is 17.4. The fraction of sp³-hybridized carbons (Fsp3) is 0.217. The Morgan fingerprint density at radius 2 is 1.34 bits per heavy atom. The molecule has 3 aromatic rings. The van der Waals surface area contributed by atoms with E-state index in [0.29, 0.717) is 24.5 Å². The van der Waals surface area contributed by atoms with Gasteiger partial charge in [0.1, 0.15) is 0 Å². The van der Waals surface area contributed by atoms with Crippen LogP contribution in [-0.4, -0.2) is 29.2 Å². The van der Waals surface area contributed by atoms with E-state index >= 15 is 0 Å². The first-order valence-corrected chi connectivity index (χ1v) is 10.8. The first-order chi connectivity index (χ1) is 14.0. The molecule has 0 amide bonds. The first kappa shape index (κ1) is 20.9. The van der Waals surface area contributed by atoms with Crippen molar-refractivity contribution in [3.05, 3.63) is 90.0 Å². The zero-order valence-electron chi connectivity index (χ0n) is 16.5. The van der Waals surface area contributed by atoms with E-state index in [9.17, 15) is 8.42 Å². The third-order valence-electron chi connectivity index (χ3n) is 4.79. The van der Waals surface area contributed by atoms with Crippen molar-refractivity contribution in [3.8, 4) is 11.5 Å². The fourth-order valence-corrected chi connectivity index (χ4v) is 4.36. The van der Waals surface area contributed by atoms with E-state index in [1.54, 1.807) is 6.07 Å². The minimum atomic E-state index is -3.66. The number of nitrogens with one attached hydrogen (secondary N) is 1. The molecule has 0 radical (unpaired) electrons. The van der Waals surface area contributed by atoms with Gasteiger partial charge in [0.25, 0.3) is 0 Å². The summed E-state index contributed by atoms with van der Waals surface area (Å²) in [4.78, 5) is 0.145. The molecular formula is C23H25NO4S. The number of rotatable bonds is 9. The van der Waals surface area contributed by atoms with Gasteiger partial charge in [-0.15, -0.1) is 0 Å². The zero-order chi connectivity index (χ0) is 20.7. The lowest BCUT2D eigenvalue weighted by atomic mass is 9.89. The highest BCUT2D eigenvalue weighted by atomic mass is 32.2. The average Bonchev–Trinajstić information content (AvgIpc) is 2.77. The highest BCUT2D eigenvalue weighted by Crippen LogP contribution is 2.30. The van der Waals surface area contributed by atoms with Crippen LogP contribution in [0, 0.1) is 0 Å². The van der Waals surface area contributed by atoms with E-state index in [2.05, 4.69) is 29.0 Å². The smallest absolute Gasteiger partial charge is 0.240 e. The van der Waals surface area contributed by atoms with E-state index in [4.69, 9.17) is 9.47 Å². The van der Waals surface area contributed by atoms with E-state index in [1.165, 1.54) is 26.4 Å². The van der Waals surface area contributed by atoms with Crippen molar-refractivity contribution in [3.63, 3.8) is 0 Å². The molecule has 0 saturated carbocycles. The largest absolute Gasteiger partial charge is 0.493 e. The van der Waals surface area contributed by atoms with Gasteiger partial charge in [0, 0.05) is 18.5 Å². The third kappa shape index (κ3) is 5.16. The molecule has 0 spiro atoms. The molecule has 3 rings (SSSR count). The molecule has 0 bridgehead atoms. The topological polar surface area (TPSA) is 64.6 Å². The predicted molar refractivity (Wildman–Crippen MR) is 114 cm³/mol. The summed E-state index contributed by atoms with van der Waals surface area (Å²) < 4.78 is 38.6. The molecule has 0 heterocycles. The van der Waals surface area contributed by atoms with Crippen LogP contribution in [0.1, 0.15) is 23.5 Å². The second kappa shape index (κ2) is 9.58. The second-order valence-corrected chi connectivity index (χ2v) is 8.34. The number of hydrogen-bond donors (Lipinski definition) is 1. The monoisotopic (exact) mass is 411 g/mol. The van der Waals surface area contributed by atoms with Crippen molar-refractivity contribution < 1.29 is 17.9 Å². The summed E-state index contributed by atoms with van der Waals surface area (Å²) in [5, 5.41) is 0. The van der Waals surface area contributed by atoms with Crippen molar-refractivity contribution in [2.24, 2.45) is 0 Å². The second-order valence-electron chi connectivity index (χ2n) is 6.58. The van der Waals surface area contributed by atoms with Crippen LogP contribution in [0.25, 0.3) is 0 Å². The molecule has 1 N–H and O–H groups in total. The molecule has 0 aliphatic rings. The molecular weight excluding hydrogens is 386 g/mol. The van der Waals surface area contributed by atoms with Gasteiger partial charge in [-0.1, -0.05) is 60.7 Å². The van der Waals surface area contributed by atoms with Gasteiger partial charge < -0.3 is 9.47 Å². The molecule has 3 aromatic carbocycles. The molecule has 5 nitrogen and oxygen atoms in total. The van der Waals surface area contributed by atoms with Gasteiger partial charge in [0.15, 0.2) is 11.5 Å². The van der Waals surface area contributed by atoms with Gasteiger partial charge in [0.2, 0.25) is 10.0 Å². The van der Waals surface area contributed by atoms with Crippen molar-refractivity contribution >= 4 is 10.0 Å². The molecule has 152 valence electrons. The number of benzene rings is 3. The highest BCUT2D eigenvalue weighted by molar-refractivity contribution is 7.89. The van der Waals surface area contributed by atoms with Crippen LogP contribution in [0.5, 0.6) is 11.5 Å². The fourth-order valence-electron chi connectivity index (χ4n) is 3.30. The van der Waals surface area contributed by atoms with E-state index < -0.39 is 10.0 Å². The number of hydrogen-bond acceptors (Lipinski definition) is 4. The summed E-state index contributed by atoms with van der Waals surface area (Å²) in [6, 6.07) is 24.8. The lowest BCUT2D eigenvalue weighted by Crippen LogP contribution is -2.26. The maximum Gasteiger partial charge on any atom is 0.240 e. The Morgan fingerprint density at radius 1 is 0.793 bits per heavy atom. The van der Waals surface area contributed by atoms with Crippen LogP contribution >= 0.6 is 0 Å². The predicted octanol–water partition coefficient (Wildman–Crippen LogP) is 4.20. The van der Waals surface area contributed by atoms with Crippen LogP contribution in [0.4, 0.5) is 0 Å². The first-order valence-electron chi connectivity index (χ1n) is 9.36. The Balaban J connectivity index is 1.75. The molecule has 0 fully saturated rings. The standard InChI is InChI=1S/C23H25NO4S/c1-27-22-14-13-20(17-23(22)28-2)29(25,26)24-16-15-21(18-9-5-3-6-10-18)19-11-7-4-8-12-19/h3-14,17,21,24H,15-16H2,1-2H3. The Kier molecular flexibility index (Phi) is 6.90. The molecule has 0 saturated heterocycles. The van der Waals surface area contributed by atoms with E-state index in [1.807, 2.05) is 36.4 Å². The van der Waals surface area contributed by atoms with Gasteiger partial charge in [-0.25, -0.2) is 13.1 Å². The maximum atomic E-state index is 12.7. The summed E-state index contributed by atoms with van der Waals surface area (Å²) in [5.41, 5.74) is 2.31. The van der Waals surface area contributed by atoms with Crippen LogP contribution in [0.15, 0.2) is 83.8 Å². The minimum Gasteiger partial charge on any atom is -0.493 e. The third-order valence-corrected chi connectivity index (χ3v) is 6.25. The van der Waals surface area contributed by atoms with Crippen LogP contribution in [-0.2, 0) is 10.0 Å². The molecule has 0 aliphatic heterocycles. The normalized spacial score (nSPS) is 11.4. The van der Waals surface area contributed by atoms with Crippen molar-refractivity contribution in [1.29, 1.82) is 0 Å². The van der Waals surface area contributed by atoms with Crippen molar-refractivity contribution in [2.75, 3.05) is 20.8 Å². The molecule has 0 aromatic heterocycles. The summed E-state index contributed by atoms with van der Waals surface area (Å²) in [6.07, 6.45) is 0.639. The van der Waals surface area contributed by atoms with Gasteiger partial charge in [0.05, 0.1) is 19.1 Å². The Bertz CT molecular complexity index is 982. The summed E-state index contributed by atoms with van der Waals surface area (Å²) in [5.74, 6) is 0.965. The van der Waals surface area contributed by atoms with Gasteiger partial charge in [-0.3, -0.25) is 0 Å². The quantitative estimate of drug-likeness (QED) is 0.573. The average molecular weight is 412 g/mol. The van der Waals surface area contributed by atoms with Crippen molar-refractivity contribution in [1.82, 2.24) is 4.72 Å². The lowest BCUT2D eigenvalue weighted by molar-refractivity contribution is 0.354. The Labute approximate surface area is 172 Å².